The van der Waals surface area contributed by atoms with Crippen molar-refractivity contribution in [2.24, 2.45) is 5.92 Å². The van der Waals surface area contributed by atoms with Gasteiger partial charge < -0.3 is 5.32 Å². The van der Waals surface area contributed by atoms with Gasteiger partial charge in [-0.1, -0.05) is 26.2 Å². The molecule has 1 aromatic heterocycles. The van der Waals surface area contributed by atoms with E-state index >= 15 is 0 Å². The fourth-order valence-corrected chi connectivity index (χ4v) is 3.03. The van der Waals surface area contributed by atoms with Crippen molar-refractivity contribution in [3.05, 3.63) is 22.4 Å². The summed E-state index contributed by atoms with van der Waals surface area (Å²) in [5, 5.41) is 8.09. The zero-order chi connectivity index (χ0) is 10.5. The average molecular weight is 223 g/mol. The van der Waals surface area contributed by atoms with Crippen LogP contribution in [-0.2, 0) is 6.42 Å². The summed E-state index contributed by atoms with van der Waals surface area (Å²) in [6.45, 7) is 3.31. The molecule has 1 unspecified atom stereocenters. The molecule has 0 aromatic carbocycles. The monoisotopic (exact) mass is 223 g/mol. The Hall–Kier alpha value is -0.340. The zero-order valence-electron chi connectivity index (χ0n) is 9.54. The molecule has 0 aliphatic heterocycles. The Balaban J connectivity index is 1.81. The summed E-state index contributed by atoms with van der Waals surface area (Å²) >= 11 is 1.81. The highest BCUT2D eigenvalue weighted by Crippen LogP contribution is 2.31. The summed E-state index contributed by atoms with van der Waals surface area (Å²) in [7, 11) is 0. The SMILES string of the molecule is CCNC(Cc1ccsc1)CC1CCC1. The molecule has 2 rings (SSSR count). The second-order valence-electron chi connectivity index (χ2n) is 4.62. The first-order chi connectivity index (χ1) is 7.38. The quantitative estimate of drug-likeness (QED) is 0.779. The van der Waals surface area contributed by atoms with E-state index in [9.17, 15) is 0 Å². The van der Waals surface area contributed by atoms with E-state index in [0.717, 1.165) is 12.5 Å². The fourth-order valence-electron chi connectivity index (χ4n) is 2.35. The predicted molar refractivity (Wildman–Crippen MR) is 67.4 cm³/mol. The van der Waals surface area contributed by atoms with Gasteiger partial charge in [-0.25, -0.2) is 0 Å². The topological polar surface area (TPSA) is 12.0 Å². The van der Waals surface area contributed by atoms with Crippen molar-refractivity contribution in [3.8, 4) is 0 Å². The van der Waals surface area contributed by atoms with Gasteiger partial charge in [0.2, 0.25) is 0 Å². The van der Waals surface area contributed by atoms with Gasteiger partial charge in [0, 0.05) is 6.04 Å². The predicted octanol–water partition coefficient (Wildman–Crippen LogP) is 3.46. The molecular weight excluding hydrogens is 202 g/mol. The number of hydrogen-bond acceptors (Lipinski definition) is 2. The number of hydrogen-bond donors (Lipinski definition) is 1. The number of rotatable bonds is 6. The summed E-state index contributed by atoms with van der Waals surface area (Å²) < 4.78 is 0. The molecule has 0 radical (unpaired) electrons. The molecule has 1 nitrogen and oxygen atoms in total. The standard InChI is InChI=1S/C13H21NS/c1-2-14-13(8-11-4-3-5-11)9-12-6-7-15-10-12/h6-7,10-11,13-14H,2-5,8-9H2,1H3. The van der Waals surface area contributed by atoms with Gasteiger partial charge in [-0.15, -0.1) is 0 Å². The Bertz CT molecular complexity index is 264. The van der Waals surface area contributed by atoms with Crippen molar-refractivity contribution in [3.63, 3.8) is 0 Å². The molecule has 1 heterocycles. The van der Waals surface area contributed by atoms with Gasteiger partial charge >= 0.3 is 0 Å². The van der Waals surface area contributed by atoms with Crippen LogP contribution < -0.4 is 5.32 Å². The van der Waals surface area contributed by atoms with E-state index < -0.39 is 0 Å². The molecule has 0 amide bonds. The molecule has 1 aromatic rings. The van der Waals surface area contributed by atoms with E-state index in [1.807, 2.05) is 11.3 Å². The number of thiophene rings is 1. The third-order valence-corrected chi connectivity index (χ3v) is 4.13. The molecule has 2 heteroatoms. The van der Waals surface area contributed by atoms with E-state index in [4.69, 9.17) is 0 Å². The van der Waals surface area contributed by atoms with Crippen molar-refractivity contribution in [1.82, 2.24) is 5.32 Å². The van der Waals surface area contributed by atoms with Gasteiger partial charge in [-0.2, -0.15) is 11.3 Å². The van der Waals surface area contributed by atoms with Crippen LogP contribution in [0.4, 0.5) is 0 Å². The molecule has 15 heavy (non-hydrogen) atoms. The van der Waals surface area contributed by atoms with Crippen molar-refractivity contribution < 1.29 is 0 Å². The minimum absolute atomic E-state index is 0.704. The normalized spacial score (nSPS) is 18.7. The van der Waals surface area contributed by atoms with Gasteiger partial charge in [0.05, 0.1) is 0 Å². The summed E-state index contributed by atoms with van der Waals surface area (Å²) in [5.41, 5.74) is 1.50. The van der Waals surface area contributed by atoms with E-state index in [-0.39, 0.29) is 0 Å². The lowest BCUT2D eigenvalue weighted by Gasteiger charge is -2.30. The van der Waals surface area contributed by atoms with Crippen LogP contribution in [0.3, 0.4) is 0 Å². The molecule has 1 aliphatic carbocycles. The van der Waals surface area contributed by atoms with E-state index in [1.165, 1.54) is 37.7 Å². The van der Waals surface area contributed by atoms with Crippen LogP contribution in [0.25, 0.3) is 0 Å². The highest BCUT2D eigenvalue weighted by molar-refractivity contribution is 7.07. The van der Waals surface area contributed by atoms with Gasteiger partial charge in [-0.3, -0.25) is 0 Å². The third-order valence-electron chi connectivity index (χ3n) is 3.40. The molecule has 1 atom stereocenters. The van der Waals surface area contributed by atoms with Crippen LogP contribution in [0.2, 0.25) is 0 Å². The first kappa shape index (κ1) is 11.2. The Kier molecular flexibility index (Phi) is 4.21. The van der Waals surface area contributed by atoms with Gasteiger partial charge in [0.1, 0.15) is 0 Å². The smallest absolute Gasteiger partial charge is 0.0110 e. The minimum Gasteiger partial charge on any atom is -0.314 e. The molecule has 0 bridgehead atoms. The molecule has 1 aliphatic rings. The Morgan fingerprint density at radius 3 is 2.93 bits per heavy atom. The summed E-state index contributed by atoms with van der Waals surface area (Å²) in [5.74, 6) is 1.01. The number of likely N-dealkylation sites (N-methyl/N-ethyl adjacent to an activating group) is 1. The molecule has 0 saturated heterocycles. The lowest BCUT2D eigenvalue weighted by Crippen LogP contribution is -2.34. The highest BCUT2D eigenvalue weighted by atomic mass is 32.1. The molecule has 0 spiro atoms. The van der Waals surface area contributed by atoms with E-state index in [1.54, 1.807) is 0 Å². The van der Waals surface area contributed by atoms with Crippen molar-refractivity contribution >= 4 is 11.3 Å². The third kappa shape index (κ3) is 3.32. The van der Waals surface area contributed by atoms with Crippen molar-refractivity contribution in [2.45, 2.75) is 45.1 Å². The second kappa shape index (κ2) is 5.66. The molecule has 1 fully saturated rings. The van der Waals surface area contributed by atoms with Crippen LogP contribution in [0.5, 0.6) is 0 Å². The van der Waals surface area contributed by atoms with Gasteiger partial charge in [0.15, 0.2) is 0 Å². The maximum absolute atomic E-state index is 3.62. The summed E-state index contributed by atoms with van der Waals surface area (Å²) in [6, 6.07) is 2.96. The van der Waals surface area contributed by atoms with E-state index in [0.29, 0.717) is 6.04 Å². The van der Waals surface area contributed by atoms with Crippen LogP contribution in [-0.4, -0.2) is 12.6 Å². The summed E-state index contributed by atoms with van der Waals surface area (Å²) in [4.78, 5) is 0. The van der Waals surface area contributed by atoms with Crippen molar-refractivity contribution in [2.75, 3.05) is 6.54 Å². The van der Waals surface area contributed by atoms with Crippen molar-refractivity contribution in [1.29, 1.82) is 0 Å². The van der Waals surface area contributed by atoms with Gasteiger partial charge in [0.25, 0.3) is 0 Å². The van der Waals surface area contributed by atoms with E-state index in [2.05, 4.69) is 29.1 Å². The maximum Gasteiger partial charge on any atom is 0.0110 e. The largest absolute Gasteiger partial charge is 0.314 e. The first-order valence-electron chi connectivity index (χ1n) is 6.13. The van der Waals surface area contributed by atoms with Gasteiger partial charge in [-0.05, 0) is 47.7 Å². The average Bonchev–Trinajstić information content (AvgIpc) is 2.64. The van der Waals surface area contributed by atoms with Crippen LogP contribution in [0, 0.1) is 5.92 Å². The molecule has 84 valence electrons. The summed E-state index contributed by atoms with van der Waals surface area (Å²) in [6.07, 6.45) is 6.98. The minimum atomic E-state index is 0.704. The second-order valence-corrected chi connectivity index (χ2v) is 5.40. The van der Waals surface area contributed by atoms with Crippen LogP contribution >= 0.6 is 11.3 Å². The Morgan fingerprint density at radius 2 is 2.40 bits per heavy atom. The first-order valence-corrected chi connectivity index (χ1v) is 7.07. The lowest BCUT2D eigenvalue weighted by atomic mass is 9.80. The zero-order valence-corrected chi connectivity index (χ0v) is 10.4. The molecule has 1 N–H and O–H groups in total. The lowest BCUT2D eigenvalue weighted by molar-refractivity contribution is 0.260. The maximum atomic E-state index is 3.62. The van der Waals surface area contributed by atoms with Crippen LogP contribution in [0.1, 0.15) is 38.2 Å². The fraction of sp³-hybridized carbons (Fsp3) is 0.692. The highest BCUT2D eigenvalue weighted by Gasteiger charge is 2.21. The Labute approximate surface area is 96.9 Å². The number of nitrogens with one attached hydrogen (secondary N) is 1. The Morgan fingerprint density at radius 1 is 1.53 bits per heavy atom. The molecular formula is C13H21NS. The molecule has 1 saturated carbocycles. The van der Waals surface area contributed by atoms with Crippen LogP contribution in [0.15, 0.2) is 16.8 Å².